The predicted octanol–water partition coefficient (Wildman–Crippen LogP) is 2.91. The third-order valence-electron chi connectivity index (χ3n) is 3.06. The van der Waals surface area contributed by atoms with Crippen molar-refractivity contribution < 1.29 is 13.2 Å². The number of carbonyl (C=O) groups excluding carboxylic acids is 1. The first-order valence-electron chi connectivity index (χ1n) is 7.07. The number of nitrogens with zero attached hydrogens (tertiary/aromatic N) is 2. The minimum absolute atomic E-state index is 0.223. The van der Waals surface area contributed by atoms with Gasteiger partial charge in [-0.15, -0.1) is 0 Å². The zero-order valence-electron chi connectivity index (χ0n) is 13.2. The fraction of sp³-hybridized carbons (Fsp3) is 0.125. The van der Waals surface area contributed by atoms with Crippen LogP contribution >= 0.6 is 23.2 Å². The van der Waals surface area contributed by atoms with Gasteiger partial charge in [0.15, 0.2) is 0 Å². The molecule has 0 radical (unpaired) electrons. The van der Waals surface area contributed by atoms with Gasteiger partial charge in [0.2, 0.25) is 10.0 Å². The molecule has 0 saturated carbocycles. The van der Waals surface area contributed by atoms with Crippen LogP contribution in [0.2, 0.25) is 10.0 Å². The maximum atomic E-state index is 12.0. The van der Waals surface area contributed by atoms with Crippen molar-refractivity contribution in [3.05, 3.63) is 64.1 Å². The topological polar surface area (TPSA) is 78.8 Å². The first kappa shape index (κ1) is 19.2. The van der Waals surface area contributed by atoms with Crippen LogP contribution in [0.3, 0.4) is 0 Å². The maximum Gasteiger partial charge on any atom is 0.260 e. The molecule has 0 unspecified atom stereocenters. The Hall–Kier alpha value is -2.09. The van der Waals surface area contributed by atoms with Crippen molar-refractivity contribution in [3.8, 4) is 0 Å². The van der Waals surface area contributed by atoms with Crippen molar-refractivity contribution in [2.75, 3.05) is 17.1 Å². The van der Waals surface area contributed by atoms with E-state index in [4.69, 9.17) is 23.2 Å². The third kappa shape index (κ3) is 5.74. The summed E-state index contributed by atoms with van der Waals surface area (Å²) in [5.74, 6) is -0.608. The van der Waals surface area contributed by atoms with E-state index >= 15 is 0 Å². The van der Waals surface area contributed by atoms with Gasteiger partial charge in [0.25, 0.3) is 5.91 Å². The molecule has 25 heavy (non-hydrogen) atoms. The van der Waals surface area contributed by atoms with E-state index in [-0.39, 0.29) is 10.7 Å². The second-order valence-electron chi connectivity index (χ2n) is 5.07. The Morgan fingerprint density at radius 3 is 2.56 bits per heavy atom. The molecule has 6 nitrogen and oxygen atoms in total. The number of halogens is 2. The molecular formula is C16H15Cl2N3O3S. The molecule has 0 aliphatic heterocycles. The number of amides is 1. The highest BCUT2D eigenvalue weighted by Gasteiger charge is 2.22. The molecule has 2 aromatic rings. The summed E-state index contributed by atoms with van der Waals surface area (Å²) in [6.07, 6.45) is 2.41. The number of rotatable bonds is 6. The summed E-state index contributed by atoms with van der Waals surface area (Å²) in [6.45, 7) is -0.449. The molecular weight excluding hydrogens is 385 g/mol. The minimum atomic E-state index is -3.70. The Morgan fingerprint density at radius 2 is 1.92 bits per heavy atom. The van der Waals surface area contributed by atoms with E-state index in [9.17, 15) is 13.2 Å². The van der Waals surface area contributed by atoms with E-state index in [1.54, 1.807) is 42.5 Å². The largest absolute Gasteiger partial charge is 0.271 e. The highest BCUT2D eigenvalue weighted by molar-refractivity contribution is 7.92. The zero-order valence-corrected chi connectivity index (χ0v) is 15.5. The van der Waals surface area contributed by atoms with Gasteiger partial charge < -0.3 is 0 Å². The molecule has 9 heteroatoms. The SMILES string of the molecule is CS(=O)(=O)N(CC(=O)N/N=C\c1cccc(Cl)c1)c1ccccc1Cl. The van der Waals surface area contributed by atoms with Crippen LogP contribution in [0.25, 0.3) is 0 Å². The fourth-order valence-corrected chi connectivity index (χ4v) is 3.32. The number of hydrazone groups is 1. The van der Waals surface area contributed by atoms with Gasteiger partial charge in [-0.05, 0) is 29.8 Å². The van der Waals surface area contributed by atoms with Crippen molar-refractivity contribution in [3.63, 3.8) is 0 Å². The van der Waals surface area contributed by atoms with Crippen LogP contribution in [0, 0.1) is 0 Å². The standard InChI is InChI=1S/C16H15Cl2N3O3S/c1-25(23,24)21(15-8-3-2-7-14(15)18)11-16(22)20-19-10-12-5-4-6-13(17)9-12/h2-10H,11H2,1H3,(H,20,22)/b19-10-. The van der Waals surface area contributed by atoms with Gasteiger partial charge in [0.05, 0.1) is 23.2 Å². The number of sulfonamides is 1. The molecule has 1 N–H and O–H groups in total. The molecule has 0 aliphatic rings. The number of hydrogen-bond acceptors (Lipinski definition) is 4. The van der Waals surface area contributed by atoms with Crippen LogP contribution < -0.4 is 9.73 Å². The van der Waals surface area contributed by atoms with Crippen molar-refractivity contribution in [2.45, 2.75) is 0 Å². The third-order valence-corrected chi connectivity index (χ3v) is 4.74. The number of carbonyl (C=O) groups is 1. The monoisotopic (exact) mass is 399 g/mol. The normalized spacial score (nSPS) is 11.5. The molecule has 2 rings (SSSR count). The summed E-state index contributed by atoms with van der Waals surface area (Å²) < 4.78 is 24.9. The Morgan fingerprint density at radius 1 is 1.20 bits per heavy atom. The number of nitrogens with one attached hydrogen (secondary N) is 1. The van der Waals surface area contributed by atoms with Crippen LogP contribution in [-0.4, -0.2) is 33.3 Å². The van der Waals surface area contributed by atoms with Gasteiger partial charge in [-0.3, -0.25) is 9.10 Å². The van der Waals surface area contributed by atoms with Gasteiger partial charge in [0.1, 0.15) is 6.54 Å². The second-order valence-corrected chi connectivity index (χ2v) is 7.82. The van der Waals surface area contributed by atoms with Crippen LogP contribution in [0.4, 0.5) is 5.69 Å². The zero-order chi connectivity index (χ0) is 18.4. The fourth-order valence-electron chi connectivity index (χ4n) is 1.97. The number of hydrogen-bond donors (Lipinski definition) is 1. The average molecular weight is 400 g/mol. The lowest BCUT2D eigenvalue weighted by molar-refractivity contribution is -0.119. The summed E-state index contributed by atoms with van der Waals surface area (Å²) in [6, 6.07) is 13.3. The summed E-state index contributed by atoms with van der Waals surface area (Å²) in [4.78, 5) is 12.0. The predicted molar refractivity (Wildman–Crippen MR) is 101 cm³/mol. The lowest BCUT2D eigenvalue weighted by Crippen LogP contribution is -2.39. The molecule has 1 amide bonds. The number of benzene rings is 2. The molecule has 0 aromatic heterocycles. The lowest BCUT2D eigenvalue weighted by Gasteiger charge is -2.22. The maximum absolute atomic E-state index is 12.0. The Kier molecular flexibility index (Phi) is 6.41. The van der Waals surface area contributed by atoms with Gasteiger partial charge in [-0.2, -0.15) is 5.10 Å². The molecule has 0 saturated heterocycles. The van der Waals surface area contributed by atoms with Crippen LogP contribution in [0.5, 0.6) is 0 Å². The van der Waals surface area contributed by atoms with Gasteiger partial charge in [0, 0.05) is 5.02 Å². The van der Waals surface area contributed by atoms with Crippen LogP contribution in [-0.2, 0) is 14.8 Å². The van der Waals surface area contributed by atoms with E-state index in [1.165, 1.54) is 12.3 Å². The second kappa shape index (κ2) is 8.33. The van der Waals surface area contributed by atoms with E-state index in [2.05, 4.69) is 10.5 Å². The molecule has 0 heterocycles. The molecule has 2 aromatic carbocycles. The summed E-state index contributed by atoms with van der Waals surface area (Å²) >= 11 is 11.9. The smallest absolute Gasteiger partial charge is 0.260 e. The van der Waals surface area contributed by atoms with E-state index in [1.807, 2.05) is 0 Å². The molecule has 0 spiro atoms. The van der Waals surface area contributed by atoms with E-state index in [0.29, 0.717) is 10.6 Å². The summed E-state index contributed by atoms with van der Waals surface area (Å²) in [7, 11) is -3.70. The highest BCUT2D eigenvalue weighted by atomic mass is 35.5. The Bertz CT molecular complexity index is 901. The molecule has 0 bridgehead atoms. The van der Waals surface area contributed by atoms with Crippen molar-refractivity contribution in [1.82, 2.24) is 5.43 Å². The Balaban J connectivity index is 2.09. The van der Waals surface area contributed by atoms with Crippen LogP contribution in [0.1, 0.15) is 5.56 Å². The van der Waals surface area contributed by atoms with Crippen molar-refractivity contribution in [1.29, 1.82) is 0 Å². The van der Waals surface area contributed by atoms with Crippen molar-refractivity contribution in [2.24, 2.45) is 5.10 Å². The molecule has 0 fully saturated rings. The molecule has 132 valence electrons. The molecule has 0 atom stereocenters. The first-order chi connectivity index (χ1) is 11.8. The summed E-state index contributed by atoms with van der Waals surface area (Å²) in [5, 5.41) is 4.56. The van der Waals surface area contributed by atoms with Crippen LogP contribution in [0.15, 0.2) is 53.6 Å². The minimum Gasteiger partial charge on any atom is -0.271 e. The molecule has 0 aliphatic carbocycles. The van der Waals surface area contributed by atoms with E-state index in [0.717, 1.165) is 10.6 Å². The Labute approximate surface area is 156 Å². The highest BCUT2D eigenvalue weighted by Crippen LogP contribution is 2.26. The number of anilines is 1. The quantitative estimate of drug-likeness (QED) is 0.598. The average Bonchev–Trinajstić information content (AvgIpc) is 2.52. The number of para-hydroxylation sites is 1. The first-order valence-corrected chi connectivity index (χ1v) is 9.67. The van der Waals surface area contributed by atoms with Gasteiger partial charge >= 0.3 is 0 Å². The van der Waals surface area contributed by atoms with Gasteiger partial charge in [-0.25, -0.2) is 13.8 Å². The van der Waals surface area contributed by atoms with Gasteiger partial charge in [-0.1, -0.05) is 47.5 Å². The lowest BCUT2D eigenvalue weighted by atomic mass is 10.2. The van der Waals surface area contributed by atoms with E-state index < -0.39 is 22.5 Å². The summed E-state index contributed by atoms with van der Waals surface area (Å²) in [5.41, 5.74) is 3.20. The van der Waals surface area contributed by atoms with Crippen molar-refractivity contribution >= 4 is 51.0 Å².